The number of methoxy groups -OCH3 is 1. The first-order valence-electron chi connectivity index (χ1n) is 16.4. The maximum atomic E-state index is 12.8. The summed E-state index contributed by atoms with van der Waals surface area (Å²) in [7, 11) is 1.49. The van der Waals surface area contributed by atoms with E-state index in [2.05, 4.69) is 10.2 Å². The fourth-order valence-electron chi connectivity index (χ4n) is 5.12. The van der Waals surface area contributed by atoms with Crippen LogP contribution in [0.1, 0.15) is 62.3 Å². The van der Waals surface area contributed by atoms with Crippen LogP contribution in [0.15, 0.2) is 60.9 Å². The molecule has 15 nitrogen and oxygen atoms in total. The summed E-state index contributed by atoms with van der Waals surface area (Å²) >= 11 is 0. The molecule has 0 aliphatic carbocycles. The molecule has 0 fully saturated rings. The molecule has 4 rings (SSSR count). The van der Waals surface area contributed by atoms with Gasteiger partial charge in [-0.25, -0.2) is 9.36 Å². The zero-order valence-corrected chi connectivity index (χ0v) is 30.0. The Morgan fingerprint density at radius 3 is 1.57 bits per heavy atom. The number of rotatable bonds is 17. The van der Waals surface area contributed by atoms with E-state index in [0.29, 0.717) is 43.0 Å². The number of ether oxygens (including phenoxy) is 4. The Bertz CT molecular complexity index is 1750. The number of aldehydes is 2. The van der Waals surface area contributed by atoms with Crippen LogP contribution in [-0.2, 0) is 27.4 Å². The molecule has 0 atom stereocenters. The van der Waals surface area contributed by atoms with Crippen LogP contribution in [0.4, 0.5) is 11.6 Å². The van der Waals surface area contributed by atoms with Crippen LogP contribution in [0.2, 0.25) is 0 Å². The molecule has 0 aliphatic rings. The molecule has 0 saturated carbocycles. The number of amides is 2. The SMILES string of the molecule is CCn1nccc1N(C(=O)COc1cccc(O)c1C=O)C(C)C.CCn1nccc1N(C(=O)COc1cccc(OCOC)c1C=O)C(C)C. The van der Waals surface area contributed by atoms with E-state index >= 15 is 0 Å². The van der Waals surface area contributed by atoms with Gasteiger partial charge in [-0.3, -0.25) is 29.0 Å². The summed E-state index contributed by atoms with van der Waals surface area (Å²) in [5.41, 5.74) is 0.261. The first kappa shape index (κ1) is 39.7. The minimum Gasteiger partial charge on any atom is -0.507 e. The highest BCUT2D eigenvalue weighted by Gasteiger charge is 2.25. The van der Waals surface area contributed by atoms with Crippen LogP contribution < -0.4 is 24.0 Å². The molecule has 274 valence electrons. The second kappa shape index (κ2) is 19.5. The fourth-order valence-corrected chi connectivity index (χ4v) is 5.12. The van der Waals surface area contributed by atoms with Crippen molar-refractivity contribution in [1.29, 1.82) is 0 Å². The van der Waals surface area contributed by atoms with Crippen molar-refractivity contribution in [2.75, 3.05) is 36.9 Å². The topological polar surface area (TPSA) is 168 Å². The Morgan fingerprint density at radius 2 is 1.16 bits per heavy atom. The quantitative estimate of drug-likeness (QED) is 0.119. The van der Waals surface area contributed by atoms with Gasteiger partial charge in [0.1, 0.15) is 34.6 Å². The molecule has 51 heavy (non-hydrogen) atoms. The standard InChI is InChI=1S/C19H25N3O5.C17H21N3O4/c1-5-21-18(9-10-20-21)22(14(2)3)19(24)12-26-16-7-6-8-17(15(16)11-23)27-13-25-4;1-4-19-16(8-9-18-19)20(12(2)3)17(23)11-24-15-7-5-6-14(22)13(15)10-21/h6-11,14H,5,12-13H2,1-4H3;5-10,12,22H,4,11H2,1-3H3. The van der Waals surface area contributed by atoms with Gasteiger partial charge in [-0.15, -0.1) is 0 Å². The zero-order chi connectivity index (χ0) is 37.5. The second-order valence-corrected chi connectivity index (χ2v) is 11.4. The number of nitrogens with zero attached hydrogens (tertiary/aromatic N) is 6. The van der Waals surface area contributed by atoms with Crippen LogP contribution in [0, 0.1) is 0 Å². The Kier molecular flexibility index (Phi) is 15.2. The first-order valence-corrected chi connectivity index (χ1v) is 16.4. The average molecular weight is 707 g/mol. The molecule has 2 aromatic carbocycles. The van der Waals surface area contributed by atoms with Gasteiger partial charge >= 0.3 is 0 Å². The van der Waals surface area contributed by atoms with E-state index in [1.807, 2.05) is 41.5 Å². The van der Waals surface area contributed by atoms with Crippen LogP contribution in [0.5, 0.6) is 23.0 Å². The van der Waals surface area contributed by atoms with Gasteiger partial charge in [0.15, 0.2) is 32.6 Å². The average Bonchev–Trinajstić information content (AvgIpc) is 3.78. The first-order chi connectivity index (χ1) is 24.5. The number of phenols is 1. The molecule has 1 N–H and O–H groups in total. The summed E-state index contributed by atoms with van der Waals surface area (Å²) < 4.78 is 24.8. The van der Waals surface area contributed by atoms with Crippen molar-refractivity contribution in [2.45, 2.75) is 66.7 Å². The number of carbonyl (C=O) groups excluding carboxylic acids is 4. The molecule has 2 amide bonds. The molecular formula is C36H46N6O9. The maximum absolute atomic E-state index is 12.8. The zero-order valence-electron chi connectivity index (χ0n) is 30.0. The summed E-state index contributed by atoms with van der Waals surface area (Å²) in [5.74, 6) is 1.49. The van der Waals surface area contributed by atoms with Crippen molar-refractivity contribution in [3.05, 3.63) is 72.1 Å². The lowest BCUT2D eigenvalue weighted by atomic mass is 10.2. The molecule has 2 heterocycles. The summed E-state index contributed by atoms with van der Waals surface area (Å²) in [6.45, 7) is 12.4. The summed E-state index contributed by atoms with van der Waals surface area (Å²) in [4.78, 5) is 51.2. The van der Waals surface area contributed by atoms with Gasteiger partial charge < -0.3 is 24.1 Å². The Morgan fingerprint density at radius 1 is 0.725 bits per heavy atom. The Balaban J connectivity index is 0.000000277. The number of benzene rings is 2. The smallest absolute Gasteiger partial charge is 0.266 e. The number of aromatic nitrogens is 4. The third-order valence-electron chi connectivity index (χ3n) is 7.39. The van der Waals surface area contributed by atoms with Gasteiger partial charge in [-0.1, -0.05) is 12.1 Å². The van der Waals surface area contributed by atoms with Gasteiger partial charge in [-0.2, -0.15) is 10.2 Å². The van der Waals surface area contributed by atoms with Crippen molar-refractivity contribution in [3.8, 4) is 23.0 Å². The number of aromatic hydroxyl groups is 1. The van der Waals surface area contributed by atoms with Crippen LogP contribution in [0.3, 0.4) is 0 Å². The Labute approximate surface area is 297 Å². The van der Waals surface area contributed by atoms with Gasteiger partial charge in [0, 0.05) is 44.4 Å². The predicted molar refractivity (Wildman–Crippen MR) is 190 cm³/mol. The number of hydrogen-bond acceptors (Lipinski definition) is 11. The van der Waals surface area contributed by atoms with E-state index in [4.69, 9.17) is 18.9 Å². The molecule has 0 bridgehead atoms. The van der Waals surface area contributed by atoms with E-state index in [-0.39, 0.29) is 72.3 Å². The minimum atomic E-state index is -0.264. The van der Waals surface area contributed by atoms with Gasteiger partial charge in [-0.05, 0) is 65.8 Å². The molecule has 15 heteroatoms. The van der Waals surface area contributed by atoms with Crippen molar-refractivity contribution < 1.29 is 43.2 Å². The third kappa shape index (κ3) is 10.2. The van der Waals surface area contributed by atoms with Gasteiger partial charge in [0.25, 0.3) is 11.8 Å². The highest BCUT2D eigenvalue weighted by molar-refractivity contribution is 5.95. The largest absolute Gasteiger partial charge is 0.507 e. The van der Waals surface area contributed by atoms with E-state index < -0.39 is 0 Å². The normalized spacial score (nSPS) is 10.7. The van der Waals surface area contributed by atoms with Crippen LogP contribution in [0.25, 0.3) is 0 Å². The molecule has 2 aromatic heterocycles. The summed E-state index contributed by atoms with van der Waals surface area (Å²) in [6.07, 6.45) is 4.43. The predicted octanol–water partition coefficient (Wildman–Crippen LogP) is 4.76. The van der Waals surface area contributed by atoms with Crippen LogP contribution >= 0.6 is 0 Å². The lowest BCUT2D eigenvalue weighted by molar-refractivity contribution is -0.121. The molecule has 0 radical (unpaired) electrons. The minimum absolute atomic E-state index is 0.00532. The number of hydrogen-bond donors (Lipinski definition) is 1. The number of aryl methyl sites for hydroxylation is 2. The molecule has 0 aliphatic heterocycles. The van der Waals surface area contributed by atoms with E-state index in [1.54, 1.807) is 68.0 Å². The Hall–Kier alpha value is -5.70. The van der Waals surface area contributed by atoms with Gasteiger partial charge in [0.05, 0.1) is 23.5 Å². The molecule has 0 saturated heterocycles. The van der Waals surface area contributed by atoms with Crippen molar-refractivity contribution in [3.63, 3.8) is 0 Å². The molecule has 4 aromatic rings. The second-order valence-electron chi connectivity index (χ2n) is 11.4. The highest BCUT2D eigenvalue weighted by atomic mass is 16.7. The summed E-state index contributed by atoms with van der Waals surface area (Å²) in [5, 5.41) is 18.0. The number of carbonyl (C=O) groups is 4. The van der Waals surface area contributed by atoms with Crippen molar-refractivity contribution >= 4 is 36.0 Å². The molecular weight excluding hydrogens is 660 g/mol. The van der Waals surface area contributed by atoms with Gasteiger partial charge in [0.2, 0.25) is 0 Å². The maximum Gasteiger partial charge on any atom is 0.266 e. The fraction of sp³-hybridized carbons (Fsp3) is 0.389. The summed E-state index contributed by atoms with van der Waals surface area (Å²) in [6, 6.07) is 12.8. The van der Waals surface area contributed by atoms with Crippen molar-refractivity contribution in [1.82, 2.24) is 19.6 Å². The lowest BCUT2D eigenvalue weighted by Crippen LogP contribution is -2.41. The lowest BCUT2D eigenvalue weighted by Gasteiger charge is -2.27. The van der Waals surface area contributed by atoms with E-state index in [1.165, 1.54) is 19.2 Å². The number of phenolic OH excluding ortho intramolecular Hbond substituents is 1. The van der Waals surface area contributed by atoms with E-state index in [9.17, 15) is 24.3 Å². The van der Waals surface area contributed by atoms with Crippen LogP contribution in [-0.4, -0.2) is 88.3 Å². The monoisotopic (exact) mass is 706 g/mol. The number of anilines is 2. The molecule has 0 unspecified atom stereocenters. The van der Waals surface area contributed by atoms with Crippen molar-refractivity contribution in [2.24, 2.45) is 0 Å². The molecule has 0 spiro atoms. The highest BCUT2D eigenvalue weighted by Crippen LogP contribution is 2.28. The third-order valence-corrected chi connectivity index (χ3v) is 7.39. The van der Waals surface area contributed by atoms with E-state index in [0.717, 1.165) is 0 Å².